The molecule has 1 atom stereocenters. The van der Waals surface area contributed by atoms with Crippen LogP contribution in [0.1, 0.15) is 25.4 Å². The minimum absolute atomic E-state index is 0. The number of nitrogens with zero attached hydrogens (tertiary/aromatic N) is 2. The molecule has 1 heterocycles. The number of hydrogen-bond acceptors (Lipinski definition) is 3. The average Bonchev–Trinajstić information content (AvgIpc) is 2.85. The molecule has 0 spiro atoms. The maximum absolute atomic E-state index is 7.85. The molecular weight excluding hydrogens is 226 g/mol. The molecule has 4 nitrogen and oxygen atoms in total. The van der Waals surface area contributed by atoms with Crippen LogP contribution in [0.4, 0.5) is 5.88 Å². The Morgan fingerprint density at radius 1 is 1.50 bits per heavy atom. The first-order chi connectivity index (χ1) is 9.32. The fourth-order valence-corrected chi connectivity index (χ4v) is 1.25. The van der Waals surface area contributed by atoms with E-state index in [0.29, 0.717) is 0 Å². The smallest absolute Gasteiger partial charge is 0.293 e. The topological polar surface area (TPSA) is 55.9 Å². The summed E-state index contributed by atoms with van der Waals surface area (Å²) in [4.78, 5) is 0. The summed E-state index contributed by atoms with van der Waals surface area (Å²) in [7, 11) is 0. The molecule has 1 aromatic carbocycles. The summed E-state index contributed by atoms with van der Waals surface area (Å²) in [5.41, 5.74) is 5.68. The van der Waals surface area contributed by atoms with Crippen LogP contribution in [0, 0.1) is 0 Å². The second-order valence-electron chi connectivity index (χ2n) is 3.24. The van der Waals surface area contributed by atoms with Crippen LogP contribution in [-0.4, -0.2) is 5.27 Å². The van der Waals surface area contributed by atoms with Gasteiger partial charge in [0.05, 0.1) is 6.85 Å². The molecule has 0 saturated heterocycles. The zero-order valence-electron chi connectivity index (χ0n) is 13.6. The monoisotopic (exact) mass is 244 g/mol. The number of anilines is 1. The van der Waals surface area contributed by atoms with Crippen molar-refractivity contribution in [3.05, 3.63) is 42.0 Å². The van der Waals surface area contributed by atoms with Gasteiger partial charge in [-0.15, -0.1) is 0 Å². The predicted octanol–water partition coefficient (Wildman–Crippen LogP) is -1.65. The molecule has 2 rings (SSSR count). The molecule has 0 radical (unpaired) electrons. The molecule has 0 aliphatic heterocycles. The number of aromatic nitrogens is 2. The lowest BCUT2D eigenvalue weighted by Crippen LogP contribution is -3.00. The second-order valence-corrected chi connectivity index (χ2v) is 3.24. The van der Waals surface area contributed by atoms with Crippen LogP contribution in [-0.2, 0) is 6.42 Å². The first-order valence-corrected chi connectivity index (χ1v) is 4.52. The second kappa shape index (κ2) is 5.51. The van der Waals surface area contributed by atoms with Gasteiger partial charge in [0.1, 0.15) is 0 Å². The highest BCUT2D eigenvalue weighted by Gasteiger charge is 2.18. The fourth-order valence-electron chi connectivity index (χ4n) is 1.25. The van der Waals surface area contributed by atoms with E-state index < -0.39 is 6.04 Å². The van der Waals surface area contributed by atoms with Gasteiger partial charge in [-0.3, -0.25) is 4.52 Å². The summed E-state index contributed by atoms with van der Waals surface area (Å²) in [6.45, 7) is 1.79. The van der Waals surface area contributed by atoms with E-state index in [1.54, 1.807) is 6.92 Å². The summed E-state index contributed by atoms with van der Waals surface area (Å²) in [6.07, 6.45) is 1.71. The lowest BCUT2D eigenvalue weighted by atomic mass is 10.1. The van der Waals surface area contributed by atoms with Crippen LogP contribution in [0.3, 0.4) is 0 Å². The van der Waals surface area contributed by atoms with Crippen molar-refractivity contribution in [1.29, 1.82) is 0 Å². The molecule has 0 saturated carbocycles. The highest BCUT2D eigenvalue weighted by atomic mass is 35.5. The minimum atomic E-state index is -0.394. The number of nitrogen functional groups attached to an aromatic ring is 1. The van der Waals surface area contributed by atoms with Crippen LogP contribution in [0.25, 0.3) is 0 Å². The van der Waals surface area contributed by atoms with Crippen molar-refractivity contribution < 1.29 is 28.5 Å². The third-order valence-electron chi connectivity index (χ3n) is 2.00. The Hall–Kier alpha value is -1.55. The van der Waals surface area contributed by atoms with Gasteiger partial charge in [0.25, 0.3) is 12.1 Å². The minimum Gasteiger partial charge on any atom is -1.00 e. The molecule has 0 aliphatic rings. The molecule has 1 unspecified atom stereocenters. The molecule has 0 amide bonds. The molecular formula is C11H14ClN3O. The van der Waals surface area contributed by atoms with Gasteiger partial charge in [-0.1, -0.05) is 30.2 Å². The molecule has 2 N–H and O–H groups in total. The first-order valence-electron chi connectivity index (χ1n) is 7.02. The maximum atomic E-state index is 7.85. The quantitative estimate of drug-likeness (QED) is 0.659. The Morgan fingerprint density at radius 3 is 2.75 bits per heavy atom. The summed E-state index contributed by atoms with van der Waals surface area (Å²) in [6, 6.07) is -1.70. The Balaban J connectivity index is 0.00000220. The molecule has 1 aromatic heterocycles. The maximum Gasteiger partial charge on any atom is 0.293 e. The predicted molar refractivity (Wildman–Crippen MR) is 56.0 cm³/mol. The molecule has 0 aliphatic carbocycles. The number of halogens is 1. The van der Waals surface area contributed by atoms with Crippen molar-refractivity contribution >= 4 is 5.88 Å². The number of hydrogen-bond donors (Lipinski definition) is 1. The van der Waals surface area contributed by atoms with E-state index in [1.165, 1.54) is 10.9 Å². The molecule has 5 heteroatoms. The van der Waals surface area contributed by atoms with Crippen molar-refractivity contribution in [2.24, 2.45) is 0 Å². The molecule has 2 aromatic rings. The SMILES string of the molecule is [2H]c1c([2H])c([2H])c(CC(C)[n+]2cc(N)on2)c([2H])c1[2H].[Cl-]. The van der Waals surface area contributed by atoms with Gasteiger partial charge in [0.15, 0.2) is 6.04 Å². The highest BCUT2D eigenvalue weighted by molar-refractivity contribution is 5.15. The van der Waals surface area contributed by atoms with E-state index in [9.17, 15) is 0 Å². The first kappa shape index (κ1) is 6.91. The summed E-state index contributed by atoms with van der Waals surface area (Å²) < 4.78 is 44.7. The molecule has 16 heavy (non-hydrogen) atoms. The largest absolute Gasteiger partial charge is 1.00 e. The number of nitrogens with two attached hydrogens (primary N) is 1. The van der Waals surface area contributed by atoms with Gasteiger partial charge >= 0.3 is 0 Å². The van der Waals surface area contributed by atoms with E-state index in [4.69, 9.17) is 17.1 Å². The van der Waals surface area contributed by atoms with E-state index in [-0.39, 0.29) is 60.5 Å². The summed E-state index contributed by atoms with van der Waals surface area (Å²) in [5.74, 6) is 0.151. The van der Waals surface area contributed by atoms with Crippen molar-refractivity contribution in [2.45, 2.75) is 19.4 Å². The van der Waals surface area contributed by atoms with Gasteiger partial charge in [-0.05, 0) is 10.2 Å². The zero-order valence-corrected chi connectivity index (χ0v) is 9.38. The third-order valence-corrected chi connectivity index (χ3v) is 2.00. The van der Waals surface area contributed by atoms with E-state index in [0.717, 1.165) is 0 Å². The van der Waals surface area contributed by atoms with E-state index in [2.05, 4.69) is 5.27 Å². The lowest BCUT2D eigenvalue weighted by Gasteiger charge is -2.01. The van der Waals surface area contributed by atoms with Gasteiger partial charge in [0.2, 0.25) is 5.27 Å². The van der Waals surface area contributed by atoms with Crippen LogP contribution in [0.5, 0.6) is 0 Å². The van der Waals surface area contributed by atoms with Crippen LogP contribution >= 0.6 is 0 Å². The number of rotatable bonds is 3. The standard InChI is InChI=1S/C11H14N3O.ClH/c1-9(14-8-11(12)15-13-14)7-10-5-3-2-4-6-10;/h2-6,8-9H,7,12H2,1H3;1H/q+1;/p-1/i2D,3D,4D,5D,6D;. The van der Waals surface area contributed by atoms with Crippen LogP contribution in [0.2, 0.25) is 0 Å². The Morgan fingerprint density at radius 2 is 2.19 bits per heavy atom. The fraction of sp³-hybridized carbons (Fsp3) is 0.273. The number of benzene rings is 1. The molecule has 0 bridgehead atoms. The van der Waals surface area contributed by atoms with E-state index in [1.807, 2.05) is 0 Å². The zero-order chi connectivity index (χ0) is 15.0. The van der Waals surface area contributed by atoms with Crippen LogP contribution in [0.15, 0.2) is 40.9 Å². The van der Waals surface area contributed by atoms with Gasteiger partial charge in [-0.25, -0.2) is 0 Å². The van der Waals surface area contributed by atoms with Crippen molar-refractivity contribution in [3.8, 4) is 0 Å². The normalized spacial score (nSPS) is 16.2. The Labute approximate surface area is 107 Å². The van der Waals surface area contributed by atoms with Crippen molar-refractivity contribution in [3.63, 3.8) is 0 Å². The van der Waals surface area contributed by atoms with E-state index >= 15 is 0 Å². The molecule has 86 valence electrons. The van der Waals surface area contributed by atoms with Gasteiger partial charge in [-0.2, -0.15) is 0 Å². The Kier molecular flexibility index (Phi) is 2.38. The average molecular weight is 245 g/mol. The summed E-state index contributed by atoms with van der Waals surface area (Å²) in [5, 5.41) is 3.70. The highest BCUT2D eigenvalue weighted by Crippen LogP contribution is 2.08. The van der Waals surface area contributed by atoms with Crippen LogP contribution < -0.4 is 22.8 Å². The third kappa shape index (κ3) is 2.97. The van der Waals surface area contributed by atoms with Crippen molar-refractivity contribution in [1.82, 2.24) is 5.27 Å². The van der Waals surface area contributed by atoms with Crippen molar-refractivity contribution in [2.75, 3.05) is 5.73 Å². The van der Waals surface area contributed by atoms with Gasteiger partial charge in [0, 0.05) is 13.3 Å². The summed E-state index contributed by atoms with van der Waals surface area (Å²) >= 11 is 0. The Bertz CT molecular complexity index is 635. The lowest BCUT2D eigenvalue weighted by molar-refractivity contribution is -0.782. The van der Waals surface area contributed by atoms with Gasteiger partial charge < -0.3 is 18.1 Å². The molecule has 0 fully saturated rings.